The van der Waals surface area contributed by atoms with Crippen LogP contribution in [0.15, 0.2) is 78.9 Å². The van der Waals surface area contributed by atoms with Crippen molar-refractivity contribution in [2.75, 3.05) is 0 Å². The lowest BCUT2D eigenvalue weighted by molar-refractivity contribution is -0.384. The lowest BCUT2D eigenvalue weighted by Gasteiger charge is -2.26. The molecule has 7 heteroatoms. The van der Waals surface area contributed by atoms with Gasteiger partial charge in [-0.15, -0.1) is 0 Å². The molecule has 1 aromatic heterocycles. The molecule has 0 saturated heterocycles. The van der Waals surface area contributed by atoms with Crippen LogP contribution in [0.2, 0.25) is 0 Å². The minimum atomic E-state index is -0.493. The number of aromatic nitrogens is 2. The second-order valence-corrected chi connectivity index (χ2v) is 7.90. The number of benzene rings is 3. The van der Waals surface area contributed by atoms with Crippen LogP contribution in [-0.2, 0) is 6.54 Å². The zero-order valence-electron chi connectivity index (χ0n) is 17.4. The van der Waals surface area contributed by atoms with Crippen LogP contribution in [-0.4, -0.2) is 25.9 Å². The molecule has 32 heavy (non-hydrogen) atoms. The first kappa shape index (κ1) is 19.7. The van der Waals surface area contributed by atoms with E-state index in [0.717, 1.165) is 22.3 Å². The van der Waals surface area contributed by atoms with Gasteiger partial charge in [0.2, 0.25) is 0 Å². The molecular formula is C25H20N4O3. The molecule has 1 amide bonds. The number of nitrogens with one attached hydrogen (secondary N) is 1. The third-order valence-corrected chi connectivity index (χ3v) is 5.78. The first-order chi connectivity index (χ1) is 15.5. The van der Waals surface area contributed by atoms with Crippen LogP contribution in [0.1, 0.15) is 38.8 Å². The van der Waals surface area contributed by atoms with Gasteiger partial charge in [-0.1, -0.05) is 72.3 Å². The van der Waals surface area contributed by atoms with E-state index in [1.165, 1.54) is 12.1 Å². The molecule has 0 aliphatic carbocycles. The van der Waals surface area contributed by atoms with Gasteiger partial charge in [0.1, 0.15) is 5.69 Å². The van der Waals surface area contributed by atoms with Gasteiger partial charge in [0, 0.05) is 29.8 Å². The van der Waals surface area contributed by atoms with Gasteiger partial charge in [0.25, 0.3) is 11.6 Å². The Morgan fingerprint density at radius 1 is 1.03 bits per heavy atom. The predicted molar refractivity (Wildman–Crippen MR) is 120 cm³/mol. The molecule has 158 valence electrons. The van der Waals surface area contributed by atoms with Crippen molar-refractivity contribution in [3.8, 4) is 11.3 Å². The van der Waals surface area contributed by atoms with Gasteiger partial charge in [-0.25, -0.2) is 0 Å². The molecule has 1 N–H and O–H groups in total. The minimum Gasteiger partial charge on any atom is -0.322 e. The van der Waals surface area contributed by atoms with E-state index in [-0.39, 0.29) is 11.6 Å². The van der Waals surface area contributed by atoms with Crippen molar-refractivity contribution < 1.29 is 9.72 Å². The molecule has 5 rings (SSSR count). The summed E-state index contributed by atoms with van der Waals surface area (Å²) in [5, 5.41) is 18.8. The maximum absolute atomic E-state index is 13.4. The number of nitro benzene ring substituents is 1. The van der Waals surface area contributed by atoms with Crippen LogP contribution in [0.4, 0.5) is 5.69 Å². The minimum absolute atomic E-state index is 0.0107. The van der Waals surface area contributed by atoms with Gasteiger partial charge < -0.3 is 4.90 Å². The molecule has 7 nitrogen and oxygen atoms in total. The smallest absolute Gasteiger partial charge is 0.273 e. The van der Waals surface area contributed by atoms with Crippen LogP contribution in [0.25, 0.3) is 11.3 Å². The van der Waals surface area contributed by atoms with Crippen molar-refractivity contribution in [2.45, 2.75) is 19.5 Å². The van der Waals surface area contributed by atoms with Crippen LogP contribution >= 0.6 is 0 Å². The quantitative estimate of drug-likeness (QED) is 0.359. The van der Waals surface area contributed by atoms with Crippen LogP contribution in [0.3, 0.4) is 0 Å². The van der Waals surface area contributed by atoms with E-state index in [1.807, 2.05) is 67.6 Å². The summed E-state index contributed by atoms with van der Waals surface area (Å²) < 4.78 is 0. The average molecular weight is 424 g/mol. The number of H-pyrrole nitrogens is 1. The second kappa shape index (κ2) is 7.77. The number of fused-ring (bicyclic) bond motifs is 1. The summed E-state index contributed by atoms with van der Waals surface area (Å²) in [6.45, 7) is 2.39. The van der Waals surface area contributed by atoms with Crippen LogP contribution in [0, 0.1) is 17.0 Å². The van der Waals surface area contributed by atoms with Crippen LogP contribution < -0.4 is 0 Å². The first-order valence-corrected chi connectivity index (χ1v) is 10.3. The highest BCUT2D eigenvalue weighted by atomic mass is 16.6. The summed E-state index contributed by atoms with van der Waals surface area (Å²) in [5.74, 6) is -0.174. The fourth-order valence-electron chi connectivity index (χ4n) is 4.22. The Morgan fingerprint density at radius 3 is 2.50 bits per heavy atom. The van der Waals surface area contributed by atoms with E-state index < -0.39 is 11.0 Å². The Balaban J connectivity index is 1.66. The van der Waals surface area contributed by atoms with Gasteiger partial charge in [-0.05, 0) is 18.1 Å². The maximum atomic E-state index is 13.4. The lowest BCUT2D eigenvalue weighted by Crippen LogP contribution is -2.29. The number of amides is 1. The molecule has 3 aromatic carbocycles. The SMILES string of the molecule is Cc1ccc(CN2C(=O)c3[nH]nc(-c4ccccc4)c3C2c2cccc([N+](=O)[O-])c2)cc1. The van der Waals surface area contributed by atoms with Gasteiger partial charge in [-0.3, -0.25) is 20.0 Å². The first-order valence-electron chi connectivity index (χ1n) is 10.3. The zero-order valence-corrected chi connectivity index (χ0v) is 17.4. The van der Waals surface area contributed by atoms with Crippen molar-refractivity contribution in [2.24, 2.45) is 0 Å². The number of aromatic amines is 1. The van der Waals surface area contributed by atoms with Crippen molar-refractivity contribution in [1.82, 2.24) is 15.1 Å². The fraction of sp³-hybridized carbons (Fsp3) is 0.120. The summed E-state index contributed by atoms with van der Waals surface area (Å²) >= 11 is 0. The number of nitro groups is 1. The number of aryl methyl sites for hydroxylation is 1. The molecule has 0 saturated carbocycles. The molecule has 1 aliphatic heterocycles. The van der Waals surface area contributed by atoms with Crippen molar-refractivity contribution in [3.63, 3.8) is 0 Å². The number of non-ortho nitro benzene ring substituents is 1. The number of hydrogen-bond donors (Lipinski definition) is 1. The van der Waals surface area contributed by atoms with Gasteiger partial charge >= 0.3 is 0 Å². The molecule has 4 aromatic rings. The lowest BCUT2D eigenvalue weighted by atomic mass is 9.95. The van der Waals surface area contributed by atoms with E-state index in [4.69, 9.17) is 0 Å². The Kier molecular flexibility index (Phi) is 4.78. The van der Waals surface area contributed by atoms with E-state index >= 15 is 0 Å². The summed E-state index contributed by atoms with van der Waals surface area (Å²) in [4.78, 5) is 26.2. The number of carbonyl (C=O) groups is 1. The Labute approximate surface area is 184 Å². The molecule has 2 heterocycles. The van der Waals surface area contributed by atoms with Gasteiger partial charge in [0.05, 0.1) is 16.7 Å². The molecular weight excluding hydrogens is 404 g/mol. The van der Waals surface area contributed by atoms with Crippen LogP contribution in [0.5, 0.6) is 0 Å². The average Bonchev–Trinajstić information content (AvgIpc) is 3.35. The highest BCUT2D eigenvalue weighted by Gasteiger charge is 2.42. The van der Waals surface area contributed by atoms with Crippen molar-refractivity contribution in [1.29, 1.82) is 0 Å². The number of rotatable bonds is 5. The third-order valence-electron chi connectivity index (χ3n) is 5.78. The van der Waals surface area contributed by atoms with Crippen molar-refractivity contribution in [3.05, 3.63) is 117 Å². The highest BCUT2D eigenvalue weighted by molar-refractivity contribution is 6.00. The van der Waals surface area contributed by atoms with E-state index in [1.54, 1.807) is 11.0 Å². The highest BCUT2D eigenvalue weighted by Crippen LogP contribution is 2.44. The Morgan fingerprint density at radius 2 is 1.78 bits per heavy atom. The second-order valence-electron chi connectivity index (χ2n) is 7.90. The Hall–Kier alpha value is -4.26. The molecule has 0 bridgehead atoms. The van der Waals surface area contributed by atoms with E-state index in [2.05, 4.69) is 10.2 Å². The standard InChI is InChI=1S/C25H20N4O3/c1-16-10-12-17(13-11-16)15-28-24(19-8-5-9-20(14-19)29(31)32)21-22(18-6-3-2-4-7-18)26-27-23(21)25(28)30/h2-14,24H,15H2,1H3,(H,26,27). The molecule has 1 atom stereocenters. The summed E-state index contributed by atoms with van der Waals surface area (Å²) in [5.41, 5.74) is 5.51. The molecule has 0 fully saturated rings. The summed E-state index contributed by atoms with van der Waals surface area (Å²) in [7, 11) is 0. The van der Waals surface area contributed by atoms with E-state index in [9.17, 15) is 14.9 Å². The number of nitrogens with zero attached hydrogens (tertiary/aromatic N) is 3. The van der Waals surface area contributed by atoms with E-state index in [0.29, 0.717) is 23.5 Å². The van der Waals surface area contributed by atoms with Crippen molar-refractivity contribution >= 4 is 11.6 Å². The fourth-order valence-corrected chi connectivity index (χ4v) is 4.22. The summed E-state index contributed by atoms with van der Waals surface area (Å²) in [6.07, 6.45) is 0. The normalized spacial score (nSPS) is 15.1. The number of hydrogen-bond acceptors (Lipinski definition) is 4. The molecule has 0 spiro atoms. The maximum Gasteiger partial charge on any atom is 0.273 e. The Bertz CT molecular complexity index is 1310. The summed E-state index contributed by atoms with van der Waals surface area (Å²) in [6, 6.07) is 23.6. The third kappa shape index (κ3) is 3.33. The number of carbonyl (C=O) groups excluding carboxylic acids is 1. The monoisotopic (exact) mass is 424 g/mol. The molecule has 1 aliphatic rings. The zero-order chi connectivity index (χ0) is 22.2. The molecule has 0 radical (unpaired) electrons. The van der Waals surface area contributed by atoms with Gasteiger partial charge in [-0.2, -0.15) is 5.10 Å². The largest absolute Gasteiger partial charge is 0.322 e. The van der Waals surface area contributed by atoms with Gasteiger partial charge in [0.15, 0.2) is 0 Å². The molecule has 1 unspecified atom stereocenters. The predicted octanol–water partition coefficient (Wildman–Crippen LogP) is 5.04. The topological polar surface area (TPSA) is 92.1 Å².